The molecule has 0 aliphatic heterocycles. The highest BCUT2D eigenvalue weighted by molar-refractivity contribution is 6.21. The Morgan fingerprint density at radius 1 is 0.842 bits per heavy atom. The van der Waals surface area contributed by atoms with Gasteiger partial charge in [0.25, 0.3) is 0 Å². The smallest absolute Gasteiger partial charge is 0.0489 e. The Morgan fingerprint density at radius 2 is 1.47 bits per heavy atom. The number of nitrogens with one attached hydrogen (secondary N) is 1. The zero-order chi connectivity index (χ0) is 13.8. The molecular weight excluding hydrogens is 254 g/mol. The molecule has 0 amide bonds. The molecule has 1 N–H and O–H groups in total. The van der Waals surface area contributed by atoms with Crippen molar-refractivity contribution in [3.63, 3.8) is 0 Å². The second kappa shape index (κ2) is 12.0. The fraction of sp³-hybridized carbons (Fsp3) is 1.00. The van der Waals surface area contributed by atoms with Gasteiger partial charge in [-0.15, -0.1) is 11.6 Å². The van der Waals surface area contributed by atoms with Crippen LogP contribution in [0.25, 0.3) is 0 Å². The molecule has 0 saturated heterocycles. The van der Waals surface area contributed by atoms with Gasteiger partial charge in [-0.1, -0.05) is 71.1 Å². The second-order valence-corrected chi connectivity index (χ2v) is 6.75. The molecule has 0 radical (unpaired) electrons. The third kappa shape index (κ3) is 8.92. The molecule has 2 atom stereocenters. The lowest BCUT2D eigenvalue weighted by atomic mass is 10.1. The molecule has 1 saturated carbocycles. The summed E-state index contributed by atoms with van der Waals surface area (Å²) in [6, 6.07) is 0.578. The van der Waals surface area contributed by atoms with E-state index in [1.165, 1.54) is 90.0 Å². The van der Waals surface area contributed by atoms with E-state index in [1.54, 1.807) is 0 Å². The number of unbranched alkanes of at least 4 members (excludes halogenated alkanes) is 7. The van der Waals surface area contributed by atoms with Gasteiger partial charge in [0.05, 0.1) is 0 Å². The van der Waals surface area contributed by atoms with Gasteiger partial charge in [0.15, 0.2) is 0 Å². The van der Waals surface area contributed by atoms with E-state index in [1.807, 2.05) is 0 Å². The van der Waals surface area contributed by atoms with Crippen molar-refractivity contribution < 1.29 is 0 Å². The van der Waals surface area contributed by atoms with Crippen molar-refractivity contribution in [3.05, 3.63) is 0 Å². The SMILES string of the molecule is CCCCCCCCCCNC1CCCCCC1Cl. The van der Waals surface area contributed by atoms with Crippen molar-refractivity contribution >= 4 is 11.6 Å². The Bertz CT molecular complexity index is 196. The number of alkyl halides is 1. The first kappa shape index (κ1) is 17.3. The average molecular weight is 288 g/mol. The summed E-state index contributed by atoms with van der Waals surface area (Å²) in [6.07, 6.45) is 17.8. The van der Waals surface area contributed by atoms with Gasteiger partial charge in [0.1, 0.15) is 0 Å². The molecular formula is C17H34ClN. The van der Waals surface area contributed by atoms with Crippen LogP contribution in [0.4, 0.5) is 0 Å². The van der Waals surface area contributed by atoms with Gasteiger partial charge >= 0.3 is 0 Å². The molecule has 2 heteroatoms. The zero-order valence-corrected chi connectivity index (χ0v) is 13.7. The fourth-order valence-electron chi connectivity index (χ4n) is 3.04. The van der Waals surface area contributed by atoms with Crippen molar-refractivity contribution in [1.29, 1.82) is 0 Å². The van der Waals surface area contributed by atoms with E-state index in [2.05, 4.69) is 12.2 Å². The Hall–Kier alpha value is 0.250. The van der Waals surface area contributed by atoms with Crippen LogP contribution >= 0.6 is 11.6 Å². The Labute approximate surface area is 125 Å². The summed E-state index contributed by atoms with van der Waals surface area (Å²) in [5.41, 5.74) is 0. The van der Waals surface area contributed by atoms with E-state index in [4.69, 9.17) is 11.6 Å². The van der Waals surface area contributed by atoms with E-state index < -0.39 is 0 Å². The minimum atomic E-state index is 0.372. The molecule has 2 unspecified atom stereocenters. The second-order valence-electron chi connectivity index (χ2n) is 6.19. The maximum Gasteiger partial charge on any atom is 0.0489 e. The van der Waals surface area contributed by atoms with Crippen LogP contribution < -0.4 is 5.32 Å². The van der Waals surface area contributed by atoms with Crippen LogP contribution in [0, 0.1) is 0 Å². The summed E-state index contributed by atoms with van der Waals surface area (Å²) in [6.45, 7) is 3.45. The monoisotopic (exact) mass is 287 g/mol. The molecule has 0 spiro atoms. The first-order valence-electron chi connectivity index (χ1n) is 8.72. The molecule has 1 aliphatic carbocycles. The summed E-state index contributed by atoms with van der Waals surface area (Å²) < 4.78 is 0. The molecule has 0 aromatic rings. The summed E-state index contributed by atoms with van der Waals surface area (Å²) in [7, 11) is 0. The van der Waals surface area contributed by atoms with E-state index in [0.29, 0.717) is 11.4 Å². The molecule has 0 bridgehead atoms. The van der Waals surface area contributed by atoms with Crippen LogP contribution in [-0.4, -0.2) is 18.0 Å². The van der Waals surface area contributed by atoms with Crippen molar-refractivity contribution in [2.75, 3.05) is 6.54 Å². The Morgan fingerprint density at radius 3 is 2.21 bits per heavy atom. The molecule has 19 heavy (non-hydrogen) atoms. The number of hydrogen-bond acceptors (Lipinski definition) is 1. The Kier molecular flexibility index (Phi) is 11.0. The third-order valence-electron chi connectivity index (χ3n) is 4.37. The van der Waals surface area contributed by atoms with Gasteiger partial charge in [-0.2, -0.15) is 0 Å². The largest absolute Gasteiger partial charge is 0.313 e. The maximum absolute atomic E-state index is 6.44. The predicted molar refractivity (Wildman–Crippen MR) is 87.1 cm³/mol. The van der Waals surface area contributed by atoms with E-state index in [9.17, 15) is 0 Å². The van der Waals surface area contributed by atoms with Crippen molar-refractivity contribution in [1.82, 2.24) is 5.32 Å². The van der Waals surface area contributed by atoms with Gasteiger partial charge in [-0.25, -0.2) is 0 Å². The summed E-state index contributed by atoms with van der Waals surface area (Å²) in [5.74, 6) is 0. The minimum absolute atomic E-state index is 0.372. The number of rotatable bonds is 10. The summed E-state index contributed by atoms with van der Waals surface area (Å²) in [4.78, 5) is 0. The van der Waals surface area contributed by atoms with Crippen LogP contribution in [0.2, 0.25) is 0 Å². The highest BCUT2D eigenvalue weighted by Gasteiger charge is 2.20. The van der Waals surface area contributed by atoms with Gasteiger partial charge in [-0.3, -0.25) is 0 Å². The minimum Gasteiger partial charge on any atom is -0.313 e. The molecule has 1 fully saturated rings. The van der Waals surface area contributed by atoms with E-state index in [0.717, 1.165) is 0 Å². The molecule has 0 heterocycles. The Balaban J connectivity index is 1.89. The normalized spacial score (nSPS) is 24.3. The molecule has 1 nitrogen and oxygen atoms in total. The highest BCUT2D eigenvalue weighted by Crippen LogP contribution is 2.22. The fourth-order valence-corrected chi connectivity index (χ4v) is 3.41. The van der Waals surface area contributed by atoms with Crippen molar-refractivity contribution in [3.8, 4) is 0 Å². The topological polar surface area (TPSA) is 12.0 Å². The molecule has 0 aromatic heterocycles. The van der Waals surface area contributed by atoms with Crippen LogP contribution in [0.3, 0.4) is 0 Å². The lowest BCUT2D eigenvalue weighted by molar-refractivity contribution is 0.451. The van der Waals surface area contributed by atoms with Crippen LogP contribution in [-0.2, 0) is 0 Å². The lowest BCUT2D eigenvalue weighted by Crippen LogP contribution is -2.36. The number of hydrogen-bond donors (Lipinski definition) is 1. The zero-order valence-electron chi connectivity index (χ0n) is 12.9. The maximum atomic E-state index is 6.44. The lowest BCUT2D eigenvalue weighted by Gasteiger charge is -2.21. The standard InChI is InChI=1S/C17H34ClN/c1-2-3-4-5-6-7-8-12-15-19-17-14-11-9-10-13-16(17)18/h16-17,19H,2-15H2,1H3. The molecule has 114 valence electrons. The first-order chi connectivity index (χ1) is 9.34. The summed E-state index contributed by atoms with van der Waals surface area (Å²) >= 11 is 6.44. The van der Waals surface area contributed by atoms with Gasteiger partial charge in [-0.05, 0) is 25.8 Å². The van der Waals surface area contributed by atoms with Crippen LogP contribution in [0.5, 0.6) is 0 Å². The molecule has 0 aromatic carbocycles. The van der Waals surface area contributed by atoms with Crippen LogP contribution in [0.1, 0.15) is 90.4 Å². The van der Waals surface area contributed by atoms with Gasteiger partial charge in [0, 0.05) is 11.4 Å². The third-order valence-corrected chi connectivity index (χ3v) is 4.89. The molecule has 1 aliphatic rings. The summed E-state index contributed by atoms with van der Waals surface area (Å²) in [5, 5.41) is 4.06. The van der Waals surface area contributed by atoms with E-state index in [-0.39, 0.29) is 0 Å². The van der Waals surface area contributed by atoms with E-state index >= 15 is 0 Å². The van der Waals surface area contributed by atoms with Crippen LogP contribution in [0.15, 0.2) is 0 Å². The van der Waals surface area contributed by atoms with Gasteiger partial charge in [0.2, 0.25) is 0 Å². The van der Waals surface area contributed by atoms with Gasteiger partial charge < -0.3 is 5.32 Å². The average Bonchev–Trinajstić information content (AvgIpc) is 2.62. The number of halogens is 1. The molecule has 1 rings (SSSR count). The highest BCUT2D eigenvalue weighted by atomic mass is 35.5. The first-order valence-corrected chi connectivity index (χ1v) is 9.15. The van der Waals surface area contributed by atoms with Crippen molar-refractivity contribution in [2.24, 2.45) is 0 Å². The van der Waals surface area contributed by atoms with Crippen molar-refractivity contribution in [2.45, 2.75) is 102 Å². The quantitative estimate of drug-likeness (QED) is 0.311. The predicted octanol–water partition coefficient (Wildman–Crippen LogP) is 5.66.